The Bertz CT molecular complexity index is 232. The number of benzene rings is 1. The molecule has 0 bridgehead atoms. The van der Waals surface area contributed by atoms with Crippen LogP contribution in [0.15, 0.2) is 24.3 Å². The van der Waals surface area contributed by atoms with Crippen LogP contribution in [0.5, 0.6) is 0 Å². The summed E-state index contributed by atoms with van der Waals surface area (Å²) in [6.45, 7) is 0. The van der Waals surface area contributed by atoms with Crippen molar-refractivity contribution in [3.63, 3.8) is 0 Å². The van der Waals surface area contributed by atoms with Crippen LogP contribution in [0.3, 0.4) is 0 Å². The molecule has 0 aliphatic rings. The van der Waals surface area contributed by atoms with Crippen LogP contribution in [-0.2, 0) is 0 Å². The molecule has 0 unspecified atom stereocenters. The van der Waals surface area contributed by atoms with Gasteiger partial charge in [-0.25, -0.2) is 4.39 Å². The molecule has 0 atom stereocenters. The van der Waals surface area contributed by atoms with Gasteiger partial charge in [0.2, 0.25) is 0 Å². The van der Waals surface area contributed by atoms with Crippen molar-refractivity contribution in [1.29, 1.82) is 0 Å². The van der Waals surface area contributed by atoms with Crippen LogP contribution >= 0.6 is 0 Å². The summed E-state index contributed by atoms with van der Waals surface area (Å²) >= 11 is 0. The van der Waals surface area contributed by atoms with Gasteiger partial charge < -0.3 is 10.0 Å². The Morgan fingerprint density at radius 1 is 1.18 bits per heavy atom. The van der Waals surface area contributed by atoms with Crippen molar-refractivity contribution in [2.75, 3.05) is 0 Å². The number of hydrogen-bond donors (Lipinski definition) is 2. The normalized spacial score (nSPS) is 8.64. The quantitative estimate of drug-likeness (QED) is 0.536. The fraction of sp³-hybridized carbons (Fsp3) is 0. The number of rotatable bonds is 1. The van der Waals surface area contributed by atoms with E-state index in [1.165, 1.54) is 24.3 Å². The summed E-state index contributed by atoms with van der Waals surface area (Å²) in [6.07, 6.45) is 0. The molecule has 5 heteroatoms. The summed E-state index contributed by atoms with van der Waals surface area (Å²) in [5.74, 6) is -0.600. The van der Waals surface area contributed by atoms with Crippen LogP contribution in [0.2, 0.25) is 0 Å². The monoisotopic (exact) mass is 180 g/mol. The summed E-state index contributed by atoms with van der Waals surface area (Å²) in [5, 5.41) is 17.0. The van der Waals surface area contributed by atoms with Gasteiger partial charge in [-0.1, -0.05) is 18.2 Å². The van der Waals surface area contributed by atoms with Gasteiger partial charge in [0.15, 0.2) is 0 Å². The van der Waals surface area contributed by atoms with Gasteiger partial charge in [-0.2, -0.15) is 0 Å². The van der Waals surface area contributed by atoms with E-state index in [1.807, 2.05) is 0 Å². The van der Waals surface area contributed by atoms with Crippen LogP contribution in [0.1, 0.15) is 0 Å². The standard InChI is InChI=1S/C6H6BFO2.K.H/c8-6-4-2-1-3-5(6)7(9)10;;/h1-4,9-10H;;. The van der Waals surface area contributed by atoms with Crippen LogP contribution in [0, 0.1) is 5.82 Å². The van der Waals surface area contributed by atoms with E-state index in [0.717, 1.165) is 0 Å². The van der Waals surface area contributed by atoms with Gasteiger partial charge in [-0.3, -0.25) is 0 Å². The maximum atomic E-state index is 12.5. The minimum absolute atomic E-state index is 0. The van der Waals surface area contributed by atoms with Crippen LogP contribution in [0.4, 0.5) is 4.39 Å². The second kappa shape index (κ2) is 5.42. The molecule has 1 aromatic carbocycles. The molecule has 0 amide bonds. The van der Waals surface area contributed by atoms with E-state index in [4.69, 9.17) is 10.0 Å². The minimum atomic E-state index is -1.72. The summed E-state index contributed by atoms with van der Waals surface area (Å²) in [6, 6.07) is 5.52. The SMILES string of the molecule is OB(O)c1ccccc1F.[KH]. The fourth-order valence-electron chi connectivity index (χ4n) is 0.684. The Labute approximate surface area is 107 Å². The summed E-state index contributed by atoms with van der Waals surface area (Å²) in [5.41, 5.74) is -0.0949. The predicted octanol–water partition coefficient (Wildman–Crippen LogP) is -1.14. The summed E-state index contributed by atoms with van der Waals surface area (Å²) < 4.78 is 12.5. The van der Waals surface area contributed by atoms with E-state index in [9.17, 15) is 4.39 Å². The molecule has 0 radical (unpaired) electrons. The molecule has 0 aromatic heterocycles. The van der Waals surface area contributed by atoms with E-state index < -0.39 is 12.9 Å². The third kappa shape index (κ3) is 3.33. The second-order valence-electron chi connectivity index (χ2n) is 1.90. The second-order valence-corrected chi connectivity index (χ2v) is 1.90. The molecule has 0 spiro atoms. The molecule has 11 heavy (non-hydrogen) atoms. The van der Waals surface area contributed by atoms with E-state index in [-0.39, 0.29) is 56.8 Å². The molecule has 1 rings (SSSR count). The van der Waals surface area contributed by atoms with Crippen molar-refractivity contribution in [2.24, 2.45) is 0 Å². The van der Waals surface area contributed by atoms with Crippen LogP contribution in [0.25, 0.3) is 0 Å². The van der Waals surface area contributed by atoms with Gasteiger partial charge in [-0.05, 0) is 6.07 Å². The Hall–Kier alpha value is 0.771. The zero-order valence-corrected chi connectivity index (χ0v) is 5.16. The number of halogens is 1. The Morgan fingerprint density at radius 3 is 2.09 bits per heavy atom. The van der Waals surface area contributed by atoms with Gasteiger partial charge >= 0.3 is 58.5 Å². The van der Waals surface area contributed by atoms with Crippen LogP contribution < -0.4 is 5.46 Å². The van der Waals surface area contributed by atoms with Gasteiger partial charge in [0.05, 0.1) is 0 Å². The molecule has 0 saturated heterocycles. The van der Waals surface area contributed by atoms with Gasteiger partial charge in [0, 0.05) is 5.46 Å². The zero-order chi connectivity index (χ0) is 7.56. The maximum absolute atomic E-state index is 12.5. The van der Waals surface area contributed by atoms with E-state index in [2.05, 4.69) is 0 Å². The van der Waals surface area contributed by atoms with E-state index in [1.54, 1.807) is 0 Å². The van der Waals surface area contributed by atoms with Crippen molar-refractivity contribution >= 4 is 64.0 Å². The molecule has 0 aliphatic heterocycles. The molecule has 2 N–H and O–H groups in total. The van der Waals surface area contributed by atoms with Crippen molar-refractivity contribution in [2.45, 2.75) is 0 Å². The molecule has 0 fully saturated rings. The molecule has 0 aliphatic carbocycles. The number of hydrogen-bond acceptors (Lipinski definition) is 2. The first kappa shape index (κ1) is 11.8. The summed E-state index contributed by atoms with van der Waals surface area (Å²) in [7, 11) is -1.72. The molecule has 2 nitrogen and oxygen atoms in total. The molecular weight excluding hydrogens is 173 g/mol. The van der Waals surface area contributed by atoms with E-state index >= 15 is 0 Å². The Balaban J connectivity index is 0.000001000. The molecular formula is C6H7BFKO2. The third-order valence-electron chi connectivity index (χ3n) is 1.18. The average molecular weight is 180 g/mol. The molecule has 0 heterocycles. The molecule has 0 saturated carbocycles. The molecule has 54 valence electrons. The Morgan fingerprint density at radius 2 is 1.73 bits per heavy atom. The first-order valence-corrected chi connectivity index (χ1v) is 2.82. The van der Waals surface area contributed by atoms with Crippen molar-refractivity contribution in [3.05, 3.63) is 30.1 Å². The van der Waals surface area contributed by atoms with E-state index in [0.29, 0.717) is 0 Å². The summed E-state index contributed by atoms with van der Waals surface area (Å²) in [4.78, 5) is 0. The van der Waals surface area contributed by atoms with Gasteiger partial charge in [-0.15, -0.1) is 0 Å². The first-order chi connectivity index (χ1) is 4.72. The molecule has 1 aromatic rings. The van der Waals surface area contributed by atoms with Crippen LogP contribution in [-0.4, -0.2) is 68.6 Å². The zero-order valence-electron chi connectivity index (χ0n) is 5.16. The topological polar surface area (TPSA) is 40.5 Å². The first-order valence-electron chi connectivity index (χ1n) is 2.82. The van der Waals surface area contributed by atoms with Crippen molar-refractivity contribution in [1.82, 2.24) is 0 Å². The third-order valence-corrected chi connectivity index (χ3v) is 1.18. The van der Waals surface area contributed by atoms with Crippen molar-refractivity contribution < 1.29 is 14.4 Å². The predicted molar refractivity (Wildman–Crippen MR) is 43.4 cm³/mol. The van der Waals surface area contributed by atoms with Gasteiger partial charge in [0.25, 0.3) is 0 Å². The average Bonchev–Trinajstić information content (AvgIpc) is 1.88. The van der Waals surface area contributed by atoms with Gasteiger partial charge in [0.1, 0.15) is 5.82 Å². The Kier molecular flexibility index (Phi) is 5.80. The van der Waals surface area contributed by atoms with Crippen molar-refractivity contribution in [3.8, 4) is 0 Å². The fourth-order valence-corrected chi connectivity index (χ4v) is 0.684.